The first-order chi connectivity index (χ1) is 11.9. The van der Waals surface area contributed by atoms with Crippen LogP contribution in [0.4, 0.5) is 0 Å². The average Bonchev–Trinajstić information content (AvgIpc) is 3.19. The second kappa shape index (κ2) is 7.06. The zero-order valence-corrected chi connectivity index (χ0v) is 14.2. The Morgan fingerprint density at radius 2 is 1.96 bits per heavy atom. The first kappa shape index (κ1) is 17.2. The van der Waals surface area contributed by atoms with Gasteiger partial charge in [-0.2, -0.15) is 5.10 Å². The third-order valence-corrected chi connectivity index (χ3v) is 5.75. The molecule has 132 valence electrons. The molecule has 2 aromatic rings. The Labute approximate surface area is 145 Å². The molecule has 0 aliphatic carbocycles. The number of aromatic nitrogens is 2. The van der Waals surface area contributed by atoms with Crippen molar-refractivity contribution in [2.75, 3.05) is 11.5 Å². The number of hydrogen-bond acceptors (Lipinski definition) is 5. The van der Waals surface area contributed by atoms with Gasteiger partial charge in [-0.15, -0.1) is 0 Å². The standard InChI is InChI=1S/C16H18N4O4S/c21-15(13-6-7-25(23,24)11-13)18-19-16(22)14-8-17-20(10-14)9-12-4-2-1-3-5-12/h1-5,8,10,13H,6-7,9,11H2,(H,18,21)(H,19,22)/t13-/m0/s1. The molecule has 0 radical (unpaired) electrons. The molecule has 0 saturated carbocycles. The molecule has 0 spiro atoms. The van der Waals surface area contributed by atoms with E-state index >= 15 is 0 Å². The number of carbonyl (C=O) groups excluding carboxylic acids is 2. The van der Waals surface area contributed by atoms with Gasteiger partial charge in [0.1, 0.15) is 0 Å². The van der Waals surface area contributed by atoms with Crippen LogP contribution in [0.15, 0.2) is 42.7 Å². The maximum atomic E-state index is 12.1. The predicted octanol–water partition coefficient (Wildman–Crippen LogP) is 0.127. The van der Waals surface area contributed by atoms with Crippen LogP contribution in [0.1, 0.15) is 22.3 Å². The molecule has 1 aromatic carbocycles. The molecule has 8 nitrogen and oxygen atoms in total. The number of nitrogens with one attached hydrogen (secondary N) is 2. The number of amides is 2. The first-order valence-electron chi connectivity index (χ1n) is 7.80. The minimum atomic E-state index is -3.14. The summed E-state index contributed by atoms with van der Waals surface area (Å²) in [5.41, 5.74) is 5.92. The molecule has 1 saturated heterocycles. The molecule has 9 heteroatoms. The summed E-state index contributed by atoms with van der Waals surface area (Å²) in [5.74, 6) is -1.79. The summed E-state index contributed by atoms with van der Waals surface area (Å²) < 4.78 is 24.4. The van der Waals surface area contributed by atoms with E-state index in [4.69, 9.17) is 0 Å². The molecule has 0 bridgehead atoms. The average molecular weight is 362 g/mol. The summed E-state index contributed by atoms with van der Waals surface area (Å²) >= 11 is 0. The molecule has 2 heterocycles. The lowest BCUT2D eigenvalue weighted by Crippen LogP contribution is -2.44. The third kappa shape index (κ3) is 4.44. The fraction of sp³-hybridized carbons (Fsp3) is 0.312. The number of hydrogen-bond donors (Lipinski definition) is 2. The lowest BCUT2D eigenvalue weighted by Gasteiger charge is -2.09. The molecule has 1 aliphatic rings. The van der Waals surface area contributed by atoms with Crippen LogP contribution in [0.2, 0.25) is 0 Å². The maximum Gasteiger partial charge on any atom is 0.272 e. The van der Waals surface area contributed by atoms with Crippen molar-refractivity contribution < 1.29 is 18.0 Å². The van der Waals surface area contributed by atoms with Crippen LogP contribution >= 0.6 is 0 Å². The molecule has 0 unspecified atom stereocenters. The van der Waals surface area contributed by atoms with E-state index in [0.29, 0.717) is 12.1 Å². The normalized spacial score (nSPS) is 18.6. The topological polar surface area (TPSA) is 110 Å². The number of nitrogens with zero attached hydrogens (tertiary/aromatic N) is 2. The molecule has 1 fully saturated rings. The lowest BCUT2D eigenvalue weighted by atomic mass is 10.1. The maximum absolute atomic E-state index is 12.1. The van der Waals surface area contributed by atoms with Crippen molar-refractivity contribution in [3.8, 4) is 0 Å². The van der Waals surface area contributed by atoms with E-state index in [9.17, 15) is 18.0 Å². The smallest absolute Gasteiger partial charge is 0.272 e. The highest BCUT2D eigenvalue weighted by Gasteiger charge is 2.33. The quantitative estimate of drug-likeness (QED) is 0.751. The van der Waals surface area contributed by atoms with Crippen molar-refractivity contribution in [1.29, 1.82) is 0 Å². The minimum absolute atomic E-state index is 0.00525. The van der Waals surface area contributed by atoms with Crippen LogP contribution in [-0.2, 0) is 21.2 Å². The number of benzene rings is 1. The summed E-state index contributed by atoms with van der Waals surface area (Å²) in [4.78, 5) is 24.0. The zero-order valence-electron chi connectivity index (χ0n) is 13.4. The molecule has 2 N–H and O–H groups in total. The molecule has 3 rings (SSSR count). The van der Waals surface area contributed by atoms with E-state index in [0.717, 1.165) is 5.56 Å². The van der Waals surface area contributed by atoms with Gasteiger partial charge in [0.2, 0.25) is 5.91 Å². The van der Waals surface area contributed by atoms with E-state index in [1.165, 1.54) is 6.20 Å². The molecular formula is C16H18N4O4S. The summed E-state index contributed by atoms with van der Waals surface area (Å²) in [6.07, 6.45) is 3.26. The second-order valence-corrected chi connectivity index (χ2v) is 8.18. The first-order valence-corrected chi connectivity index (χ1v) is 9.62. The molecule has 1 aromatic heterocycles. The van der Waals surface area contributed by atoms with Crippen molar-refractivity contribution in [3.05, 3.63) is 53.9 Å². The molecule has 2 amide bonds. The fourth-order valence-electron chi connectivity index (χ4n) is 2.63. The lowest BCUT2D eigenvalue weighted by molar-refractivity contribution is -0.125. The van der Waals surface area contributed by atoms with Gasteiger partial charge in [-0.25, -0.2) is 8.42 Å². The number of carbonyl (C=O) groups is 2. The van der Waals surface area contributed by atoms with Gasteiger partial charge in [-0.05, 0) is 12.0 Å². The van der Waals surface area contributed by atoms with Gasteiger partial charge in [0.15, 0.2) is 9.84 Å². The van der Waals surface area contributed by atoms with Crippen LogP contribution in [-0.4, -0.2) is 41.5 Å². The van der Waals surface area contributed by atoms with Gasteiger partial charge in [0.25, 0.3) is 5.91 Å². The summed E-state index contributed by atoms with van der Waals surface area (Å²) in [6.45, 7) is 0.528. The largest absolute Gasteiger partial charge is 0.273 e. The van der Waals surface area contributed by atoms with E-state index in [2.05, 4.69) is 16.0 Å². The van der Waals surface area contributed by atoms with Gasteiger partial charge in [0, 0.05) is 6.20 Å². The number of sulfone groups is 1. The summed E-state index contributed by atoms with van der Waals surface area (Å²) in [7, 11) is -3.14. The van der Waals surface area contributed by atoms with Crippen LogP contribution in [0, 0.1) is 5.92 Å². The van der Waals surface area contributed by atoms with Crippen molar-refractivity contribution in [1.82, 2.24) is 20.6 Å². The van der Waals surface area contributed by atoms with Gasteiger partial charge in [-0.3, -0.25) is 25.1 Å². The van der Waals surface area contributed by atoms with Crippen LogP contribution < -0.4 is 10.9 Å². The number of hydrazine groups is 1. The van der Waals surface area contributed by atoms with Crippen LogP contribution in [0.25, 0.3) is 0 Å². The Morgan fingerprint density at radius 1 is 1.20 bits per heavy atom. The molecule has 1 aliphatic heterocycles. The second-order valence-electron chi connectivity index (χ2n) is 5.96. The van der Waals surface area contributed by atoms with Gasteiger partial charge in [-0.1, -0.05) is 30.3 Å². The van der Waals surface area contributed by atoms with Gasteiger partial charge < -0.3 is 0 Å². The van der Waals surface area contributed by atoms with E-state index < -0.39 is 27.6 Å². The fourth-order valence-corrected chi connectivity index (χ4v) is 4.37. The Bertz CT molecular complexity index is 877. The monoisotopic (exact) mass is 362 g/mol. The minimum Gasteiger partial charge on any atom is -0.273 e. The highest BCUT2D eigenvalue weighted by atomic mass is 32.2. The van der Waals surface area contributed by atoms with E-state index in [-0.39, 0.29) is 17.9 Å². The van der Waals surface area contributed by atoms with Crippen molar-refractivity contribution in [2.45, 2.75) is 13.0 Å². The van der Waals surface area contributed by atoms with Crippen molar-refractivity contribution >= 4 is 21.7 Å². The Balaban J connectivity index is 1.53. The van der Waals surface area contributed by atoms with Crippen LogP contribution in [0.3, 0.4) is 0 Å². The van der Waals surface area contributed by atoms with E-state index in [1.807, 2.05) is 30.3 Å². The Hall–Kier alpha value is -2.68. The third-order valence-electron chi connectivity index (χ3n) is 3.99. The Kier molecular flexibility index (Phi) is 4.84. The van der Waals surface area contributed by atoms with Gasteiger partial charge in [0.05, 0.1) is 35.7 Å². The molecule has 25 heavy (non-hydrogen) atoms. The van der Waals surface area contributed by atoms with Crippen LogP contribution in [0.5, 0.6) is 0 Å². The zero-order chi connectivity index (χ0) is 17.9. The highest BCUT2D eigenvalue weighted by Crippen LogP contribution is 2.18. The van der Waals surface area contributed by atoms with Crippen molar-refractivity contribution in [3.63, 3.8) is 0 Å². The summed E-state index contributed by atoms with van der Waals surface area (Å²) in [6, 6.07) is 9.68. The SMILES string of the molecule is O=C(NNC(=O)[C@H]1CCS(=O)(=O)C1)c1cnn(Cc2ccccc2)c1. The van der Waals surface area contributed by atoms with Gasteiger partial charge >= 0.3 is 0 Å². The molecule has 1 atom stereocenters. The Morgan fingerprint density at radius 3 is 2.64 bits per heavy atom. The molecular weight excluding hydrogens is 344 g/mol. The summed E-state index contributed by atoms with van der Waals surface area (Å²) in [5, 5.41) is 4.12. The van der Waals surface area contributed by atoms with Crippen molar-refractivity contribution in [2.24, 2.45) is 5.92 Å². The predicted molar refractivity (Wildman–Crippen MR) is 90.1 cm³/mol. The number of rotatable bonds is 4. The van der Waals surface area contributed by atoms with E-state index in [1.54, 1.807) is 10.9 Å². The highest BCUT2D eigenvalue weighted by molar-refractivity contribution is 7.91.